The summed E-state index contributed by atoms with van der Waals surface area (Å²) in [7, 11) is -3.31. The van der Waals surface area contributed by atoms with Gasteiger partial charge >= 0.3 is 0 Å². The summed E-state index contributed by atoms with van der Waals surface area (Å²) in [5.41, 5.74) is 1.01. The quantitative estimate of drug-likeness (QED) is 0.773. The first-order chi connectivity index (χ1) is 11.8. The lowest BCUT2D eigenvalue weighted by Gasteiger charge is -2.05. The van der Waals surface area contributed by atoms with Crippen molar-refractivity contribution < 1.29 is 17.6 Å². The van der Waals surface area contributed by atoms with Gasteiger partial charge in [0.25, 0.3) is 0 Å². The maximum atomic E-state index is 12.0. The van der Waals surface area contributed by atoms with Crippen LogP contribution in [0.5, 0.6) is 0 Å². The van der Waals surface area contributed by atoms with Gasteiger partial charge < -0.3 is 9.73 Å². The van der Waals surface area contributed by atoms with Crippen LogP contribution in [-0.2, 0) is 14.8 Å². The van der Waals surface area contributed by atoms with Gasteiger partial charge in [0, 0.05) is 23.4 Å². The number of carbonyl (C=O) groups excluding carboxylic acids is 1. The van der Waals surface area contributed by atoms with Crippen molar-refractivity contribution in [1.29, 1.82) is 0 Å². The summed E-state index contributed by atoms with van der Waals surface area (Å²) in [4.78, 5) is 12.0. The van der Waals surface area contributed by atoms with Crippen molar-refractivity contribution >= 4 is 33.4 Å². The third-order valence-corrected chi connectivity index (χ3v) is 4.58. The molecule has 0 bridgehead atoms. The first kappa shape index (κ1) is 17.3. The van der Waals surface area contributed by atoms with Crippen molar-refractivity contribution in [2.45, 2.75) is 19.3 Å². The van der Waals surface area contributed by atoms with Crippen LogP contribution in [0.3, 0.4) is 0 Å². The van der Waals surface area contributed by atoms with Gasteiger partial charge in [0.15, 0.2) is 0 Å². The van der Waals surface area contributed by atoms with Gasteiger partial charge in [-0.2, -0.15) is 0 Å². The molecule has 1 amide bonds. The highest BCUT2D eigenvalue weighted by atomic mass is 32.2. The summed E-state index contributed by atoms with van der Waals surface area (Å²) < 4.78 is 30.4. The molecule has 0 saturated heterocycles. The maximum Gasteiger partial charge on any atom is 0.248 e. The fourth-order valence-electron chi connectivity index (χ4n) is 2.55. The Balaban J connectivity index is 1.56. The number of anilines is 2. The fraction of sp³-hybridized carbons (Fsp3) is 0.278. The molecule has 1 aliphatic rings. The summed E-state index contributed by atoms with van der Waals surface area (Å²) in [5.74, 6) is 2.52. The van der Waals surface area contributed by atoms with Gasteiger partial charge in [-0.05, 0) is 54.8 Å². The zero-order valence-electron chi connectivity index (χ0n) is 14.0. The van der Waals surface area contributed by atoms with E-state index in [2.05, 4.69) is 17.0 Å². The number of sulfonamides is 1. The minimum absolute atomic E-state index is 0.290. The molecule has 25 heavy (non-hydrogen) atoms. The number of hydrogen-bond donors (Lipinski definition) is 2. The lowest BCUT2D eigenvalue weighted by Crippen LogP contribution is -2.10. The molecule has 132 valence electrons. The van der Waals surface area contributed by atoms with E-state index in [9.17, 15) is 13.2 Å². The lowest BCUT2D eigenvalue weighted by molar-refractivity contribution is -0.111. The molecule has 0 radical (unpaired) electrons. The molecule has 1 heterocycles. The van der Waals surface area contributed by atoms with E-state index in [0.717, 1.165) is 18.4 Å². The Bertz CT molecular complexity index is 897. The molecule has 2 N–H and O–H groups in total. The Kier molecular flexibility index (Phi) is 4.67. The van der Waals surface area contributed by atoms with Crippen LogP contribution in [0.25, 0.3) is 6.08 Å². The SMILES string of the molecule is CC1CC1c1ccc(/C=C/C(=O)Nc2ccc(NS(C)(=O)=O)cc2)o1. The van der Waals surface area contributed by atoms with E-state index in [1.54, 1.807) is 30.3 Å². The minimum atomic E-state index is -3.31. The van der Waals surface area contributed by atoms with Crippen LogP contribution in [0.1, 0.15) is 30.8 Å². The molecule has 2 unspecified atom stereocenters. The zero-order valence-corrected chi connectivity index (χ0v) is 14.8. The van der Waals surface area contributed by atoms with Crippen molar-refractivity contribution in [2.75, 3.05) is 16.3 Å². The molecular weight excluding hydrogens is 340 g/mol. The highest BCUT2D eigenvalue weighted by Gasteiger charge is 2.36. The predicted molar refractivity (Wildman–Crippen MR) is 97.8 cm³/mol. The smallest absolute Gasteiger partial charge is 0.248 e. The van der Waals surface area contributed by atoms with Gasteiger partial charge in [0.05, 0.1) is 6.26 Å². The number of benzene rings is 1. The van der Waals surface area contributed by atoms with Crippen molar-refractivity contribution in [3.05, 3.63) is 54.0 Å². The molecule has 2 atom stereocenters. The van der Waals surface area contributed by atoms with Crippen molar-refractivity contribution in [3.63, 3.8) is 0 Å². The van der Waals surface area contributed by atoms with Gasteiger partial charge in [0.2, 0.25) is 15.9 Å². The van der Waals surface area contributed by atoms with Crippen LogP contribution in [0.15, 0.2) is 46.9 Å². The average molecular weight is 360 g/mol. The second-order valence-corrected chi connectivity index (χ2v) is 8.08. The second kappa shape index (κ2) is 6.76. The summed E-state index contributed by atoms with van der Waals surface area (Å²) >= 11 is 0. The molecule has 6 nitrogen and oxygen atoms in total. The van der Waals surface area contributed by atoms with Crippen molar-refractivity contribution in [3.8, 4) is 0 Å². The Labute approximate surface area is 147 Å². The van der Waals surface area contributed by atoms with Crippen molar-refractivity contribution in [1.82, 2.24) is 0 Å². The zero-order chi connectivity index (χ0) is 18.0. The van der Waals surface area contributed by atoms with Crippen LogP contribution in [0.2, 0.25) is 0 Å². The van der Waals surface area contributed by atoms with E-state index >= 15 is 0 Å². The standard InChI is InChI=1S/C18H20N2O4S/c1-12-11-16(12)17-9-7-15(24-17)8-10-18(21)19-13-3-5-14(6-4-13)20-25(2,22)23/h3-10,12,16,20H,11H2,1-2H3,(H,19,21)/b10-8+. The maximum absolute atomic E-state index is 12.0. The molecule has 1 aromatic carbocycles. The van der Waals surface area contributed by atoms with Crippen LogP contribution < -0.4 is 10.0 Å². The number of carbonyl (C=O) groups is 1. The number of furan rings is 1. The van der Waals surface area contributed by atoms with Gasteiger partial charge in [-0.1, -0.05) is 6.92 Å². The lowest BCUT2D eigenvalue weighted by atomic mass is 10.2. The number of hydrogen-bond acceptors (Lipinski definition) is 4. The number of rotatable bonds is 6. The number of nitrogens with one attached hydrogen (secondary N) is 2. The molecule has 3 rings (SSSR count). The Morgan fingerprint density at radius 2 is 1.80 bits per heavy atom. The normalized spacial score (nSPS) is 19.8. The van der Waals surface area contributed by atoms with Crippen LogP contribution >= 0.6 is 0 Å². The first-order valence-electron chi connectivity index (χ1n) is 7.97. The summed E-state index contributed by atoms with van der Waals surface area (Å²) in [5, 5.41) is 2.71. The molecule has 1 aromatic heterocycles. The van der Waals surface area contributed by atoms with Crippen LogP contribution in [-0.4, -0.2) is 20.6 Å². The Hall–Kier alpha value is -2.54. The summed E-state index contributed by atoms with van der Waals surface area (Å²) in [6.07, 6.45) is 5.27. The van der Waals surface area contributed by atoms with E-state index in [1.807, 2.05) is 12.1 Å². The highest BCUT2D eigenvalue weighted by molar-refractivity contribution is 7.92. The molecule has 0 aliphatic heterocycles. The monoisotopic (exact) mass is 360 g/mol. The van der Waals surface area contributed by atoms with E-state index in [1.165, 1.54) is 6.08 Å². The third kappa shape index (κ3) is 4.96. The first-order valence-corrected chi connectivity index (χ1v) is 9.86. The third-order valence-electron chi connectivity index (χ3n) is 3.98. The van der Waals surface area contributed by atoms with Gasteiger partial charge in [-0.15, -0.1) is 0 Å². The van der Waals surface area contributed by atoms with E-state index in [4.69, 9.17) is 4.42 Å². The summed E-state index contributed by atoms with van der Waals surface area (Å²) in [6.45, 7) is 2.19. The minimum Gasteiger partial charge on any atom is -0.461 e. The molecule has 7 heteroatoms. The summed E-state index contributed by atoms with van der Waals surface area (Å²) in [6, 6.07) is 10.2. The van der Waals surface area contributed by atoms with Crippen molar-refractivity contribution in [2.24, 2.45) is 5.92 Å². The van der Waals surface area contributed by atoms with E-state index in [-0.39, 0.29) is 5.91 Å². The van der Waals surface area contributed by atoms with Gasteiger partial charge in [-0.25, -0.2) is 8.42 Å². The second-order valence-electron chi connectivity index (χ2n) is 6.33. The molecule has 1 aliphatic carbocycles. The van der Waals surface area contributed by atoms with Gasteiger partial charge in [0.1, 0.15) is 11.5 Å². The largest absolute Gasteiger partial charge is 0.461 e. The predicted octanol–water partition coefficient (Wildman–Crippen LogP) is 3.43. The molecular formula is C18H20N2O4S. The fourth-order valence-corrected chi connectivity index (χ4v) is 3.12. The molecule has 1 fully saturated rings. The highest BCUT2D eigenvalue weighted by Crippen LogP contribution is 2.47. The van der Waals surface area contributed by atoms with E-state index < -0.39 is 10.0 Å². The number of amides is 1. The van der Waals surface area contributed by atoms with Gasteiger partial charge in [-0.3, -0.25) is 9.52 Å². The molecule has 0 spiro atoms. The Morgan fingerprint density at radius 1 is 1.16 bits per heavy atom. The average Bonchev–Trinajstić information content (AvgIpc) is 3.07. The molecule has 1 saturated carbocycles. The Morgan fingerprint density at radius 3 is 2.40 bits per heavy atom. The van der Waals surface area contributed by atoms with Crippen LogP contribution in [0.4, 0.5) is 11.4 Å². The topological polar surface area (TPSA) is 88.4 Å². The van der Waals surface area contributed by atoms with Crippen LogP contribution in [0, 0.1) is 5.92 Å². The van der Waals surface area contributed by atoms with E-state index in [0.29, 0.717) is 29.0 Å². The molecule has 2 aromatic rings.